The lowest BCUT2D eigenvalue weighted by Crippen LogP contribution is -2.40. The molecule has 0 aromatic carbocycles. The highest BCUT2D eigenvalue weighted by atomic mass is 35.5. The molecule has 1 fully saturated rings. The minimum Gasteiger partial charge on any atom is -0.342 e. The summed E-state index contributed by atoms with van der Waals surface area (Å²) < 4.78 is 27.0. The van der Waals surface area contributed by atoms with Crippen LogP contribution in [0.15, 0.2) is 16.3 Å². The van der Waals surface area contributed by atoms with Gasteiger partial charge in [0.05, 0.1) is 4.34 Å². The molecule has 8 heteroatoms. The lowest BCUT2D eigenvalue weighted by atomic mass is 10.0. The fourth-order valence-corrected chi connectivity index (χ4v) is 4.94. The van der Waals surface area contributed by atoms with Crippen molar-refractivity contribution in [3.05, 3.63) is 16.5 Å². The second-order valence-electron chi connectivity index (χ2n) is 5.29. The molecule has 2 heterocycles. The predicted molar refractivity (Wildman–Crippen MR) is 84.1 cm³/mol. The topological polar surface area (TPSA) is 66.5 Å². The van der Waals surface area contributed by atoms with Crippen LogP contribution >= 0.6 is 22.9 Å². The van der Waals surface area contributed by atoms with E-state index < -0.39 is 10.0 Å². The number of halogens is 1. The highest BCUT2D eigenvalue weighted by Gasteiger charge is 2.22. The largest absolute Gasteiger partial charge is 0.342 e. The number of nitrogens with zero attached hydrogens (tertiary/aromatic N) is 1. The molecule has 0 aliphatic carbocycles. The maximum absolute atomic E-state index is 12.0. The van der Waals surface area contributed by atoms with E-state index in [1.165, 1.54) is 6.07 Å². The second kappa shape index (κ2) is 7.09. The Morgan fingerprint density at radius 2 is 2.29 bits per heavy atom. The highest BCUT2D eigenvalue weighted by Crippen LogP contribution is 2.25. The number of hydrogen-bond acceptors (Lipinski definition) is 4. The minimum absolute atomic E-state index is 0.00784. The maximum Gasteiger partial charge on any atom is 0.250 e. The summed E-state index contributed by atoms with van der Waals surface area (Å²) in [6.45, 7) is 3.78. The smallest absolute Gasteiger partial charge is 0.250 e. The summed E-state index contributed by atoms with van der Waals surface area (Å²) in [5.74, 6) is 0.529. The first-order valence-corrected chi connectivity index (χ1v) is 9.59. The molecule has 1 N–H and O–H groups in total. The van der Waals surface area contributed by atoms with Crippen LogP contribution < -0.4 is 4.72 Å². The zero-order chi connectivity index (χ0) is 15.5. The van der Waals surface area contributed by atoms with Crippen LogP contribution in [0, 0.1) is 5.92 Å². The van der Waals surface area contributed by atoms with Crippen molar-refractivity contribution in [2.24, 2.45) is 5.92 Å². The van der Waals surface area contributed by atoms with Crippen molar-refractivity contribution in [3.63, 3.8) is 0 Å². The van der Waals surface area contributed by atoms with E-state index in [4.69, 9.17) is 11.6 Å². The molecular formula is C13H19ClN2O3S2. The quantitative estimate of drug-likeness (QED) is 0.886. The summed E-state index contributed by atoms with van der Waals surface area (Å²) >= 11 is 6.73. The Morgan fingerprint density at radius 3 is 2.90 bits per heavy atom. The third-order valence-corrected chi connectivity index (χ3v) is 6.64. The number of hydrogen-bond donors (Lipinski definition) is 1. The predicted octanol–water partition coefficient (Wildman–Crippen LogP) is 2.33. The van der Waals surface area contributed by atoms with Gasteiger partial charge in [-0.2, -0.15) is 0 Å². The first-order valence-electron chi connectivity index (χ1n) is 6.91. The van der Waals surface area contributed by atoms with E-state index in [0.717, 1.165) is 37.3 Å². The van der Waals surface area contributed by atoms with Gasteiger partial charge >= 0.3 is 0 Å². The average Bonchev–Trinajstić information content (AvgIpc) is 2.86. The lowest BCUT2D eigenvalue weighted by molar-refractivity contribution is -0.132. The van der Waals surface area contributed by atoms with Crippen LogP contribution in [-0.4, -0.2) is 38.9 Å². The summed E-state index contributed by atoms with van der Waals surface area (Å²) in [5, 5.41) is 0. The molecule has 0 bridgehead atoms. The Kier molecular flexibility index (Phi) is 5.65. The molecule has 2 rings (SSSR count). The van der Waals surface area contributed by atoms with Gasteiger partial charge in [0, 0.05) is 26.1 Å². The lowest BCUT2D eigenvalue weighted by Gasteiger charge is -2.31. The van der Waals surface area contributed by atoms with Crippen LogP contribution in [0.3, 0.4) is 0 Å². The van der Waals surface area contributed by atoms with Crippen LogP contribution in [0.2, 0.25) is 4.34 Å². The Balaban J connectivity index is 1.82. The molecule has 0 radical (unpaired) electrons. The van der Waals surface area contributed by atoms with Gasteiger partial charge in [0.25, 0.3) is 0 Å². The van der Waals surface area contributed by atoms with Crippen LogP contribution in [0.5, 0.6) is 0 Å². The molecule has 1 saturated heterocycles. The molecule has 5 nitrogen and oxygen atoms in total. The Morgan fingerprint density at radius 1 is 1.52 bits per heavy atom. The van der Waals surface area contributed by atoms with Crippen LogP contribution in [0.4, 0.5) is 0 Å². The van der Waals surface area contributed by atoms with Gasteiger partial charge in [-0.3, -0.25) is 4.79 Å². The number of carbonyl (C=O) groups excluding carboxylic acids is 1. The molecular weight excluding hydrogens is 332 g/mol. The van der Waals surface area contributed by atoms with Gasteiger partial charge in [-0.15, -0.1) is 11.3 Å². The number of sulfonamides is 1. The van der Waals surface area contributed by atoms with E-state index in [1.54, 1.807) is 6.07 Å². The third kappa shape index (κ3) is 4.67. The van der Waals surface area contributed by atoms with Gasteiger partial charge in [-0.25, -0.2) is 13.1 Å². The van der Waals surface area contributed by atoms with Gasteiger partial charge in [0.1, 0.15) is 4.21 Å². The van der Waals surface area contributed by atoms with Crippen molar-refractivity contribution >= 4 is 38.9 Å². The fourth-order valence-electron chi connectivity index (χ4n) is 2.38. The molecule has 0 saturated carbocycles. The van der Waals surface area contributed by atoms with Gasteiger partial charge in [-0.1, -0.05) is 18.5 Å². The van der Waals surface area contributed by atoms with E-state index in [0.29, 0.717) is 10.3 Å². The molecule has 118 valence electrons. The third-order valence-electron chi connectivity index (χ3n) is 3.45. The number of carbonyl (C=O) groups is 1. The molecule has 1 atom stereocenters. The fraction of sp³-hybridized carbons (Fsp3) is 0.615. The first kappa shape index (κ1) is 16.7. The standard InChI is InChI=1S/C13H19ClN2O3S2/c1-10-3-2-8-16(9-10)12(17)6-7-15-21(18,19)13-5-4-11(14)20-13/h4-5,10,15H,2-3,6-9H2,1H3/t10-/m1/s1. The molecule has 0 unspecified atom stereocenters. The first-order chi connectivity index (χ1) is 9.88. The van der Waals surface area contributed by atoms with Crippen molar-refractivity contribution in [3.8, 4) is 0 Å². The number of piperidine rings is 1. The Bertz CT molecular complexity index is 600. The SMILES string of the molecule is C[C@@H]1CCCN(C(=O)CCNS(=O)(=O)c2ccc(Cl)s2)C1. The second-order valence-corrected chi connectivity index (χ2v) is 9.00. The van der Waals surface area contributed by atoms with Crippen molar-refractivity contribution < 1.29 is 13.2 Å². The average molecular weight is 351 g/mol. The number of amides is 1. The van der Waals surface area contributed by atoms with Crippen LogP contribution in [-0.2, 0) is 14.8 Å². The molecule has 0 spiro atoms. The molecule has 1 amide bonds. The van der Waals surface area contributed by atoms with Crippen LogP contribution in [0.1, 0.15) is 26.2 Å². The van der Waals surface area contributed by atoms with Gasteiger partial charge < -0.3 is 4.90 Å². The van der Waals surface area contributed by atoms with E-state index in [2.05, 4.69) is 11.6 Å². The zero-order valence-electron chi connectivity index (χ0n) is 11.8. The van der Waals surface area contributed by atoms with E-state index >= 15 is 0 Å². The number of rotatable bonds is 5. The molecule has 1 aromatic heterocycles. The highest BCUT2D eigenvalue weighted by molar-refractivity contribution is 7.91. The molecule has 1 aliphatic rings. The van der Waals surface area contributed by atoms with E-state index in [9.17, 15) is 13.2 Å². The maximum atomic E-state index is 12.0. The molecule has 1 aliphatic heterocycles. The molecule has 1 aromatic rings. The summed E-state index contributed by atoms with van der Waals surface area (Å²) in [4.78, 5) is 13.9. The Hall–Kier alpha value is -0.630. The Labute approximate surface area is 134 Å². The summed E-state index contributed by atoms with van der Waals surface area (Å²) in [7, 11) is -3.56. The number of likely N-dealkylation sites (tertiary alicyclic amines) is 1. The number of thiophene rings is 1. The van der Waals surface area contributed by atoms with E-state index in [1.807, 2.05) is 4.90 Å². The summed E-state index contributed by atoms with van der Waals surface area (Å²) in [5.41, 5.74) is 0. The van der Waals surface area contributed by atoms with Gasteiger partial charge in [-0.05, 0) is 30.9 Å². The molecule has 21 heavy (non-hydrogen) atoms. The van der Waals surface area contributed by atoms with Gasteiger partial charge in [0.2, 0.25) is 15.9 Å². The minimum atomic E-state index is -3.56. The van der Waals surface area contributed by atoms with Crippen molar-refractivity contribution in [1.82, 2.24) is 9.62 Å². The monoisotopic (exact) mass is 350 g/mol. The van der Waals surface area contributed by atoms with Crippen molar-refractivity contribution in [2.45, 2.75) is 30.4 Å². The van der Waals surface area contributed by atoms with Crippen LogP contribution in [0.25, 0.3) is 0 Å². The normalized spacial score (nSPS) is 19.7. The summed E-state index contributed by atoms with van der Waals surface area (Å²) in [6.07, 6.45) is 2.35. The van der Waals surface area contributed by atoms with Crippen molar-refractivity contribution in [1.29, 1.82) is 0 Å². The van der Waals surface area contributed by atoms with E-state index in [-0.39, 0.29) is 23.1 Å². The van der Waals surface area contributed by atoms with Crippen molar-refractivity contribution in [2.75, 3.05) is 19.6 Å². The number of nitrogens with one attached hydrogen (secondary N) is 1. The van der Waals surface area contributed by atoms with Gasteiger partial charge in [0.15, 0.2) is 0 Å². The zero-order valence-corrected chi connectivity index (χ0v) is 14.2. The summed E-state index contributed by atoms with van der Waals surface area (Å²) in [6, 6.07) is 3.00.